The fourth-order valence-corrected chi connectivity index (χ4v) is 3.10. The molecule has 7 nitrogen and oxygen atoms in total. The van der Waals surface area contributed by atoms with Crippen molar-refractivity contribution in [2.75, 3.05) is 18.9 Å². The Kier molecular flexibility index (Phi) is 5.49. The van der Waals surface area contributed by atoms with Crippen LogP contribution in [0.2, 0.25) is 0 Å². The van der Waals surface area contributed by atoms with Crippen molar-refractivity contribution in [3.05, 3.63) is 17.3 Å². The van der Waals surface area contributed by atoms with Crippen LogP contribution < -0.4 is 5.32 Å². The molecule has 0 fully saturated rings. The van der Waals surface area contributed by atoms with Crippen molar-refractivity contribution in [2.24, 2.45) is 0 Å². The number of hydrogen-bond donors (Lipinski definition) is 2. The number of aromatic nitrogens is 2. The molecular weight excluding hydrogens is 316 g/mol. The molecule has 0 bridgehead atoms. The number of amides is 1. The van der Waals surface area contributed by atoms with E-state index in [1.54, 1.807) is 25.3 Å². The fraction of sp³-hybridized carbons (Fsp3) is 0.467. The van der Waals surface area contributed by atoms with Gasteiger partial charge < -0.3 is 15.3 Å². The van der Waals surface area contributed by atoms with E-state index in [1.165, 1.54) is 16.1 Å². The highest BCUT2D eigenvalue weighted by Crippen LogP contribution is 2.28. The summed E-state index contributed by atoms with van der Waals surface area (Å²) in [6.45, 7) is 3.99. The summed E-state index contributed by atoms with van der Waals surface area (Å²) < 4.78 is 0. The molecule has 2 N–H and O–H groups in total. The maximum atomic E-state index is 12.3. The van der Waals surface area contributed by atoms with Gasteiger partial charge in [0.05, 0.1) is 11.8 Å². The van der Waals surface area contributed by atoms with Crippen molar-refractivity contribution in [2.45, 2.75) is 32.7 Å². The van der Waals surface area contributed by atoms with E-state index in [-0.39, 0.29) is 18.9 Å². The molecule has 0 saturated carbocycles. The topological polar surface area (TPSA) is 95.4 Å². The van der Waals surface area contributed by atoms with Gasteiger partial charge in [-0.1, -0.05) is 6.92 Å². The molecule has 2 aromatic rings. The SMILES string of the molecule is CCc1cc2c(NC(C)C(=O)N(C)CCC(=O)O)ncnc2s1. The molecule has 0 aliphatic rings. The van der Waals surface area contributed by atoms with Gasteiger partial charge in [0.1, 0.15) is 23.0 Å². The molecule has 1 atom stereocenters. The van der Waals surface area contributed by atoms with E-state index < -0.39 is 12.0 Å². The number of hydrogen-bond acceptors (Lipinski definition) is 6. The highest BCUT2D eigenvalue weighted by atomic mass is 32.1. The maximum absolute atomic E-state index is 12.3. The van der Waals surface area contributed by atoms with Crippen molar-refractivity contribution in [1.29, 1.82) is 0 Å². The van der Waals surface area contributed by atoms with E-state index in [0.29, 0.717) is 5.82 Å². The molecule has 2 rings (SSSR count). The lowest BCUT2D eigenvalue weighted by atomic mass is 10.2. The minimum absolute atomic E-state index is 0.0723. The predicted octanol–water partition coefficient (Wildman–Crippen LogP) is 1.99. The van der Waals surface area contributed by atoms with Crippen LogP contribution in [0.5, 0.6) is 0 Å². The number of fused-ring (bicyclic) bond motifs is 1. The third kappa shape index (κ3) is 4.16. The number of nitrogens with zero attached hydrogens (tertiary/aromatic N) is 3. The first-order valence-electron chi connectivity index (χ1n) is 7.39. The van der Waals surface area contributed by atoms with Gasteiger partial charge in [-0.25, -0.2) is 9.97 Å². The second kappa shape index (κ2) is 7.36. The standard InChI is InChI=1S/C15H20N4O3S/c1-4-10-7-11-13(16-8-17-14(11)23-10)18-9(2)15(22)19(3)6-5-12(20)21/h7-9H,4-6H2,1-3H3,(H,20,21)(H,16,17,18). The van der Waals surface area contributed by atoms with Crippen LogP contribution in [0.1, 0.15) is 25.1 Å². The number of aliphatic carboxylic acids is 1. The molecule has 0 aliphatic heterocycles. The van der Waals surface area contributed by atoms with Crippen LogP contribution in [0, 0.1) is 0 Å². The number of likely N-dealkylation sites (N-methyl/N-ethyl adjacent to an activating group) is 1. The third-order valence-corrected chi connectivity index (χ3v) is 4.68. The first kappa shape index (κ1) is 17.1. The molecule has 23 heavy (non-hydrogen) atoms. The highest BCUT2D eigenvalue weighted by Gasteiger charge is 2.19. The van der Waals surface area contributed by atoms with Crippen LogP contribution in [0.15, 0.2) is 12.4 Å². The van der Waals surface area contributed by atoms with Crippen molar-refractivity contribution in [3.63, 3.8) is 0 Å². The Labute approximate surface area is 138 Å². The average molecular weight is 336 g/mol. The summed E-state index contributed by atoms with van der Waals surface area (Å²) in [4.78, 5) is 34.9. The fourth-order valence-electron chi connectivity index (χ4n) is 2.17. The molecule has 0 radical (unpaired) electrons. The molecule has 0 saturated heterocycles. The van der Waals surface area contributed by atoms with E-state index in [1.807, 2.05) is 6.07 Å². The smallest absolute Gasteiger partial charge is 0.305 e. The van der Waals surface area contributed by atoms with E-state index in [0.717, 1.165) is 16.6 Å². The van der Waals surface area contributed by atoms with E-state index in [2.05, 4.69) is 22.2 Å². The Morgan fingerprint density at radius 2 is 2.17 bits per heavy atom. The van der Waals surface area contributed by atoms with E-state index in [9.17, 15) is 9.59 Å². The van der Waals surface area contributed by atoms with Crippen LogP contribution in [0.4, 0.5) is 5.82 Å². The third-order valence-electron chi connectivity index (χ3n) is 3.49. The van der Waals surface area contributed by atoms with Gasteiger partial charge in [0.2, 0.25) is 5.91 Å². The number of carboxylic acids is 1. The molecular formula is C15H20N4O3S. The lowest BCUT2D eigenvalue weighted by Gasteiger charge is -2.22. The van der Waals surface area contributed by atoms with E-state index >= 15 is 0 Å². The largest absolute Gasteiger partial charge is 0.481 e. The predicted molar refractivity (Wildman–Crippen MR) is 89.8 cm³/mol. The van der Waals surface area contributed by atoms with Crippen LogP contribution in [-0.2, 0) is 16.0 Å². The Morgan fingerprint density at radius 1 is 1.43 bits per heavy atom. The Balaban J connectivity index is 2.10. The minimum Gasteiger partial charge on any atom is -0.481 e. The summed E-state index contributed by atoms with van der Waals surface area (Å²) in [5.41, 5.74) is 0. The summed E-state index contributed by atoms with van der Waals surface area (Å²) in [5.74, 6) is -0.476. The van der Waals surface area contributed by atoms with Gasteiger partial charge in [-0.2, -0.15) is 0 Å². The molecule has 8 heteroatoms. The molecule has 2 aromatic heterocycles. The molecule has 1 amide bonds. The normalized spacial score (nSPS) is 12.1. The second-order valence-corrected chi connectivity index (χ2v) is 6.39. The van der Waals surface area contributed by atoms with Gasteiger partial charge in [0.25, 0.3) is 0 Å². The number of thiophene rings is 1. The first-order valence-corrected chi connectivity index (χ1v) is 8.20. The number of carbonyl (C=O) groups excluding carboxylic acids is 1. The summed E-state index contributed by atoms with van der Waals surface area (Å²) >= 11 is 1.61. The molecule has 0 spiro atoms. The van der Waals surface area contributed by atoms with Gasteiger partial charge in [0.15, 0.2) is 0 Å². The Bertz CT molecular complexity index is 716. The van der Waals surface area contributed by atoms with Crippen LogP contribution in [0.25, 0.3) is 10.2 Å². The minimum atomic E-state index is -0.923. The summed E-state index contributed by atoms with van der Waals surface area (Å²) in [5, 5.41) is 12.7. The average Bonchev–Trinajstić information content (AvgIpc) is 2.96. The zero-order chi connectivity index (χ0) is 17.0. The molecule has 2 heterocycles. The Morgan fingerprint density at radius 3 is 2.83 bits per heavy atom. The highest BCUT2D eigenvalue weighted by molar-refractivity contribution is 7.18. The van der Waals surface area contributed by atoms with Crippen molar-refractivity contribution < 1.29 is 14.7 Å². The van der Waals surface area contributed by atoms with Crippen LogP contribution >= 0.6 is 11.3 Å². The Hall–Kier alpha value is -2.22. The number of rotatable bonds is 7. The quantitative estimate of drug-likeness (QED) is 0.803. The van der Waals surface area contributed by atoms with Crippen molar-refractivity contribution in [1.82, 2.24) is 14.9 Å². The second-order valence-electron chi connectivity index (χ2n) is 5.28. The van der Waals surface area contributed by atoms with Gasteiger partial charge in [-0.15, -0.1) is 11.3 Å². The zero-order valence-electron chi connectivity index (χ0n) is 13.4. The number of nitrogens with one attached hydrogen (secondary N) is 1. The van der Waals surface area contributed by atoms with Crippen molar-refractivity contribution in [3.8, 4) is 0 Å². The first-order chi connectivity index (χ1) is 10.9. The number of anilines is 1. The molecule has 1 unspecified atom stereocenters. The summed E-state index contributed by atoms with van der Waals surface area (Å²) in [6, 6.07) is 1.53. The van der Waals surface area contributed by atoms with Crippen LogP contribution in [-0.4, -0.2) is 51.5 Å². The van der Waals surface area contributed by atoms with Gasteiger partial charge in [0, 0.05) is 18.5 Å². The summed E-state index contributed by atoms with van der Waals surface area (Å²) in [7, 11) is 1.60. The number of carboxylic acid groups (broad SMARTS) is 1. The molecule has 0 aliphatic carbocycles. The number of carbonyl (C=O) groups is 2. The summed E-state index contributed by atoms with van der Waals surface area (Å²) in [6.07, 6.45) is 2.33. The maximum Gasteiger partial charge on any atom is 0.305 e. The zero-order valence-corrected chi connectivity index (χ0v) is 14.2. The molecule has 0 aromatic carbocycles. The lowest BCUT2D eigenvalue weighted by molar-refractivity contribution is -0.138. The van der Waals surface area contributed by atoms with Gasteiger partial charge >= 0.3 is 5.97 Å². The van der Waals surface area contributed by atoms with E-state index in [4.69, 9.17) is 5.11 Å². The van der Waals surface area contributed by atoms with Gasteiger partial charge in [-0.05, 0) is 19.4 Å². The molecule has 124 valence electrons. The van der Waals surface area contributed by atoms with Crippen LogP contribution in [0.3, 0.4) is 0 Å². The number of aryl methyl sites for hydroxylation is 1. The lowest BCUT2D eigenvalue weighted by Crippen LogP contribution is -2.40. The van der Waals surface area contributed by atoms with Gasteiger partial charge in [-0.3, -0.25) is 9.59 Å². The van der Waals surface area contributed by atoms with Crippen molar-refractivity contribution >= 4 is 39.2 Å². The monoisotopic (exact) mass is 336 g/mol.